The van der Waals surface area contributed by atoms with Gasteiger partial charge in [-0.05, 0) is 67.6 Å². The van der Waals surface area contributed by atoms with E-state index in [0.29, 0.717) is 36.9 Å². The predicted octanol–water partition coefficient (Wildman–Crippen LogP) is 6.98. The standard InChI is InChI=1S/C39H39O3P/c1-3-23-39(41)24-22-36-34-20-16-28-25-29(40)17-21-33(28)37(34)35(26-38(36,39)2)27-14-18-32(19-15-27)43(42,30-10-6-4-7-11-30)31-12-8-5-9-13-31/h4-16,18-19,34-36,41H,17,20-22,24-26H2,1-2H3/t34-,35+,36-,38-,39-/m0/s1. The van der Waals surface area contributed by atoms with Gasteiger partial charge in [-0.2, -0.15) is 0 Å². The average molecular weight is 587 g/mol. The third-order valence-electron chi connectivity index (χ3n) is 11.1. The molecule has 0 aliphatic heterocycles. The number of hydrogen-bond donors (Lipinski definition) is 1. The van der Waals surface area contributed by atoms with Crippen molar-refractivity contribution in [1.82, 2.24) is 0 Å². The van der Waals surface area contributed by atoms with Crippen molar-refractivity contribution in [2.45, 2.75) is 70.3 Å². The molecule has 4 aliphatic carbocycles. The van der Waals surface area contributed by atoms with Gasteiger partial charge in [-0.15, -0.1) is 5.92 Å². The molecule has 3 aromatic carbocycles. The number of benzene rings is 3. The van der Waals surface area contributed by atoms with Gasteiger partial charge in [0.2, 0.25) is 0 Å². The Balaban J connectivity index is 1.35. The van der Waals surface area contributed by atoms with Gasteiger partial charge in [0, 0.05) is 40.1 Å². The fourth-order valence-corrected chi connectivity index (χ4v) is 11.6. The summed E-state index contributed by atoms with van der Waals surface area (Å²) in [4.78, 5) is 12.4. The van der Waals surface area contributed by atoms with E-state index in [9.17, 15) is 9.90 Å². The highest BCUT2D eigenvalue weighted by atomic mass is 31.2. The molecular formula is C39H39O3P. The summed E-state index contributed by atoms with van der Waals surface area (Å²) in [5.74, 6) is 7.43. The molecule has 4 aliphatic rings. The molecule has 0 amide bonds. The lowest BCUT2D eigenvalue weighted by Crippen LogP contribution is -2.50. The van der Waals surface area contributed by atoms with Gasteiger partial charge in [0.1, 0.15) is 11.4 Å². The van der Waals surface area contributed by atoms with Crippen LogP contribution in [0.25, 0.3) is 0 Å². The third kappa shape index (κ3) is 4.37. The number of carbonyl (C=O) groups is 1. The summed E-state index contributed by atoms with van der Waals surface area (Å²) in [6, 6.07) is 28.1. The zero-order valence-electron chi connectivity index (χ0n) is 25.1. The maximum absolute atomic E-state index is 15.0. The highest BCUT2D eigenvalue weighted by molar-refractivity contribution is 7.85. The van der Waals surface area contributed by atoms with E-state index in [2.05, 4.69) is 49.1 Å². The highest BCUT2D eigenvalue weighted by Gasteiger charge is 2.62. The maximum Gasteiger partial charge on any atom is 0.171 e. The van der Waals surface area contributed by atoms with Crippen molar-refractivity contribution in [1.29, 1.82) is 0 Å². The van der Waals surface area contributed by atoms with Crippen molar-refractivity contribution < 1.29 is 14.5 Å². The first-order valence-corrected chi connectivity index (χ1v) is 17.4. The molecular weight excluding hydrogens is 547 g/mol. The molecule has 3 aromatic rings. The summed E-state index contributed by atoms with van der Waals surface area (Å²) in [6.45, 7) is 4.09. The van der Waals surface area contributed by atoms with E-state index in [4.69, 9.17) is 0 Å². The number of carbonyl (C=O) groups excluding carboxylic acids is 1. The van der Waals surface area contributed by atoms with Crippen LogP contribution in [0, 0.1) is 29.1 Å². The molecule has 0 radical (unpaired) electrons. The number of rotatable bonds is 4. The molecule has 43 heavy (non-hydrogen) atoms. The second kappa shape index (κ2) is 10.6. The van der Waals surface area contributed by atoms with Gasteiger partial charge in [-0.25, -0.2) is 0 Å². The van der Waals surface area contributed by atoms with Crippen LogP contribution in [0.1, 0.15) is 70.3 Å². The van der Waals surface area contributed by atoms with Gasteiger partial charge in [0.05, 0.1) is 0 Å². The van der Waals surface area contributed by atoms with Gasteiger partial charge in [0.25, 0.3) is 0 Å². The van der Waals surface area contributed by atoms with Crippen LogP contribution in [-0.4, -0.2) is 16.5 Å². The Labute approximate surface area is 255 Å². The number of fused-ring (bicyclic) bond motifs is 4. The molecule has 0 spiro atoms. The number of allylic oxidation sites excluding steroid dienone is 4. The molecule has 7 rings (SSSR count). The summed E-state index contributed by atoms with van der Waals surface area (Å²) in [6.07, 6.45) is 7.69. The Morgan fingerprint density at radius 2 is 1.51 bits per heavy atom. The van der Waals surface area contributed by atoms with Crippen LogP contribution in [0.15, 0.2) is 108 Å². The zero-order chi connectivity index (χ0) is 29.8. The molecule has 3 fully saturated rings. The Bertz CT molecular complexity index is 1700. The first-order chi connectivity index (χ1) is 20.8. The smallest absolute Gasteiger partial charge is 0.171 e. The van der Waals surface area contributed by atoms with Gasteiger partial charge >= 0.3 is 0 Å². The van der Waals surface area contributed by atoms with Crippen LogP contribution >= 0.6 is 7.14 Å². The van der Waals surface area contributed by atoms with Crippen LogP contribution < -0.4 is 15.9 Å². The van der Waals surface area contributed by atoms with Crippen LogP contribution in [0.5, 0.6) is 0 Å². The first-order valence-electron chi connectivity index (χ1n) is 15.7. The lowest BCUT2D eigenvalue weighted by molar-refractivity contribution is -0.118. The Kier molecular flexibility index (Phi) is 7.00. The van der Waals surface area contributed by atoms with Gasteiger partial charge in [-0.1, -0.05) is 109 Å². The number of ketones is 1. The van der Waals surface area contributed by atoms with Crippen molar-refractivity contribution in [3.63, 3.8) is 0 Å². The molecule has 4 heteroatoms. The van der Waals surface area contributed by atoms with Crippen molar-refractivity contribution >= 4 is 28.8 Å². The highest BCUT2D eigenvalue weighted by Crippen LogP contribution is 2.66. The predicted molar refractivity (Wildman–Crippen MR) is 174 cm³/mol. The fraction of sp³-hybridized carbons (Fsp3) is 0.359. The van der Waals surface area contributed by atoms with E-state index in [1.807, 2.05) is 67.6 Å². The van der Waals surface area contributed by atoms with E-state index in [0.717, 1.165) is 41.6 Å². The molecule has 218 valence electrons. The van der Waals surface area contributed by atoms with Crippen LogP contribution in [-0.2, 0) is 9.36 Å². The normalized spacial score (nSPS) is 30.0. The van der Waals surface area contributed by atoms with E-state index in [-0.39, 0.29) is 11.3 Å². The summed E-state index contributed by atoms with van der Waals surface area (Å²) in [5.41, 5.74) is 3.95. The SMILES string of the molecule is CC#C[C@]1(O)CC[C@H]2[C@@H]3CC=C4CC(=O)CCC4=C3[C@@H](c3ccc(P(=O)(c4ccccc4)c4ccccc4)cc3)C[C@@]21C. The second-order valence-corrected chi connectivity index (χ2v) is 15.9. The molecule has 3 saturated carbocycles. The molecule has 0 unspecified atom stereocenters. The van der Waals surface area contributed by atoms with Crippen LogP contribution in [0.2, 0.25) is 0 Å². The monoisotopic (exact) mass is 586 g/mol. The summed E-state index contributed by atoms with van der Waals surface area (Å²) < 4.78 is 15.0. The molecule has 0 heterocycles. The molecule has 0 aromatic heterocycles. The molecule has 0 bridgehead atoms. The zero-order valence-corrected chi connectivity index (χ0v) is 25.9. The van der Waals surface area contributed by atoms with E-state index in [1.54, 1.807) is 0 Å². The number of aliphatic hydroxyl groups is 1. The minimum atomic E-state index is -3.07. The fourth-order valence-electron chi connectivity index (χ4n) is 8.95. The van der Waals surface area contributed by atoms with E-state index >= 15 is 4.57 Å². The average Bonchev–Trinajstić information content (AvgIpc) is 3.30. The minimum Gasteiger partial charge on any atom is -0.377 e. The molecule has 5 atom stereocenters. The van der Waals surface area contributed by atoms with Gasteiger partial charge in [-0.3, -0.25) is 4.79 Å². The van der Waals surface area contributed by atoms with Crippen molar-refractivity contribution in [3.8, 4) is 11.8 Å². The second-order valence-electron chi connectivity index (χ2n) is 13.1. The van der Waals surface area contributed by atoms with E-state index < -0.39 is 12.7 Å². The largest absolute Gasteiger partial charge is 0.377 e. The Morgan fingerprint density at radius 1 is 0.884 bits per heavy atom. The van der Waals surface area contributed by atoms with Crippen LogP contribution in [0.4, 0.5) is 0 Å². The van der Waals surface area contributed by atoms with Crippen molar-refractivity contribution in [3.05, 3.63) is 113 Å². The summed E-state index contributed by atoms with van der Waals surface area (Å²) >= 11 is 0. The Hall–Kier alpha value is -3.44. The molecule has 1 N–H and O–H groups in total. The van der Waals surface area contributed by atoms with E-state index in [1.165, 1.54) is 22.3 Å². The van der Waals surface area contributed by atoms with Gasteiger partial charge < -0.3 is 9.67 Å². The maximum atomic E-state index is 15.0. The van der Waals surface area contributed by atoms with Crippen LogP contribution in [0.3, 0.4) is 0 Å². The first kappa shape index (κ1) is 28.3. The summed E-state index contributed by atoms with van der Waals surface area (Å²) in [5, 5.41) is 14.5. The lowest BCUT2D eigenvalue weighted by Gasteiger charge is -2.53. The molecule has 0 saturated heterocycles. The topological polar surface area (TPSA) is 54.4 Å². The van der Waals surface area contributed by atoms with Crippen molar-refractivity contribution in [2.75, 3.05) is 0 Å². The number of Topliss-reactive ketones (excluding diaryl/α,β-unsaturated/α-hetero) is 1. The van der Waals surface area contributed by atoms with Crippen molar-refractivity contribution in [2.24, 2.45) is 17.3 Å². The Morgan fingerprint density at radius 3 is 2.14 bits per heavy atom. The third-order valence-corrected chi connectivity index (χ3v) is 14.2. The minimum absolute atomic E-state index is 0.114. The lowest BCUT2D eigenvalue weighted by atomic mass is 9.51. The van der Waals surface area contributed by atoms with Gasteiger partial charge in [0.15, 0.2) is 7.14 Å². The quantitative estimate of drug-likeness (QED) is 0.265. The summed E-state index contributed by atoms with van der Waals surface area (Å²) in [7, 11) is -3.07. The number of hydrogen-bond acceptors (Lipinski definition) is 3. The molecule has 3 nitrogen and oxygen atoms in total.